The van der Waals surface area contributed by atoms with Gasteiger partial charge in [0.1, 0.15) is 5.52 Å². The Morgan fingerprint density at radius 1 is 1.06 bits per heavy atom. The highest BCUT2D eigenvalue weighted by atomic mass is 35.5. The van der Waals surface area contributed by atoms with Gasteiger partial charge in [-0.15, -0.1) is 12.4 Å². The van der Waals surface area contributed by atoms with Gasteiger partial charge in [0.05, 0.1) is 9.60 Å². The van der Waals surface area contributed by atoms with Crippen molar-refractivity contribution in [2.24, 2.45) is 0 Å². The molecule has 1 amide bonds. The maximum absolute atomic E-state index is 13.6. The van der Waals surface area contributed by atoms with E-state index in [1.165, 1.54) is 35.1 Å². The standard InChI is InChI=1S/C23H27N3O3S2.ClH/c1-25(2)13-14-26(22(27)18-12-11-16-7-4-5-8-17(16)15-18)23-24-21-19(30-23)9-6-10-20(21)31(3,28)29;/h6,9-12,15H,4-5,7-8,13-14H2,1-3H3;1H. The summed E-state index contributed by atoms with van der Waals surface area (Å²) < 4.78 is 25.2. The fourth-order valence-corrected chi connectivity index (χ4v) is 5.85. The van der Waals surface area contributed by atoms with Crippen LogP contribution in [0.2, 0.25) is 0 Å². The van der Waals surface area contributed by atoms with E-state index >= 15 is 0 Å². The Balaban J connectivity index is 0.00000289. The van der Waals surface area contributed by atoms with Gasteiger partial charge in [-0.2, -0.15) is 0 Å². The summed E-state index contributed by atoms with van der Waals surface area (Å²) >= 11 is 1.35. The molecule has 0 unspecified atom stereocenters. The van der Waals surface area contributed by atoms with E-state index in [1.807, 2.05) is 37.2 Å². The molecule has 0 saturated heterocycles. The van der Waals surface area contributed by atoms with Crippen LogP contribution in [0.5, 0.6) is 0 Å². The minimum atomic E-state index is -3.42. The quantitative estimate of drug-likeness (QED) is 0.514. The van der Waals surface area contributed by atoms with E-state index in [2.05, 4.69) is 11.1 Å². The van der Waals surface area contributed by atoms with Gasteiger partial charge in [-0.25, -0.2) is 13.4 Å². The highest BCUT2D eigenvalue weighted by Gasteiger charge is 2.24. The van der Waals surface area contributed by atoms with Crippen molar-refractivity contribution in [1.29, 1.82) is 0 Å². The fourth-order valence-electron chi connectivity index (χ4n) is 3.93. The summed E-state index contributed by atoms with van der Waals surface area (Å²) in [6.07, 6.45) is 5.61. The lowest BCUT2D eigenvalue weighted by atomic mass is 9.90. The molecule has 6 nitrogen and oxygen atoms in total. The number of rotatable bonds is 6. The highest BCUT2D eigenvalue weighted by molar-refractivity contribution is 7.91. The number of aryl methyl sites for hydroxylation is 2. The summed E-state index contributed by atoms with van der Waals surface area (Å²) in [6, 6.07) is 11.1. The van der Waals surface area contributed by atoms with Gasteiger partial charge in [0.15, 0.2) is 15.0 Å². The van der Waals surface area contributed by atoms with Crippen molar-refractivity contribution in [1.82, 2.24) is 9.88 Å². The molecule has 3 aromatic rings. The molecule has 1 heterocycles. The van der Waals surface area contributed by atoms with Gasteiger partial charge in [-0.05, 0) is 75.2 Å². The number of hydrogen-bond acceptors (Lipinski definition) is 6. The van der Waals surface area contributed by atoms with Gasteiger partial charge in [0.25, 0.3) is 5.91 Å². The smallest absolute Gasteiger partial charge is 0.260 e. The molecule has 4 rings (SSSR count). The van der Waals surface area contributed by atoms with Crippen LogP contribution >= 0.6 is 23.7 Å². The molecule has 9 heteroatoms. The lowest BCUT2D eigenvalue weighted by Crippen LogP contribution is -2.36. The molecule has 1 aliphatic carbocycles. The average Bonchev–Trinajstić information content (AvgIpc) is 3.16. The third kappa shape index (κ3) is 5.14. The number of anilines is 1. The van der Waals surface area contributed by atoms with Gasteiger partial charge < -0.3 is 4.90 Å². The summed E-state index contributed by atoms with van der Waals surface area (Å²) in [6.45, 7) is 1.14. The summed E-state index contributed by atoms with van der Waals surface area (Å²) in [5, 5.41) is 0.524. The Bertz CT molecular complexity index is 1240. The lowest BCUT2D eigenvalue weighted by molar-refractivity contribution is 0.0985. The number of amides is 1. The summed E-state index contributed by atoms with van der Waals surface area (Å²) in [5.41, 5.74) is 3.67. The topological polar surface area (TPSA) is 70.6 Å². The molecule has 172 valence electrons. The Kier molecular flexibility index (Phi) is 7.60. The summed E-state index contributed by atoms with van der Waals surface area (Å²) in [4.78, 5) is 22.1. The van der Waals surface area contributed by atoms with Crippen LogP contribution in [0, 0.1) is 0 Å². The van der Waals surface area contributed by atoms with Crippen molar-refractivity contribution in [3.63, 3.8) is 0 Å². The fraction of sp³-hybridized carbons (Fsp3) is 0.391. The number of fused-ring (bicyclic) bond motifs is 2. The zero-order chi connectivity index (χ0) is 22.2. The van der Waals surface area contributed by atoms with E-state index in [9.17, 15) is 13.2 Å². The van der Waals surface area contributed by atoms with Crippen LogP contribution < -0.4 is 4.90 Å². The number of nitrogens with zero attached hydrogens (tertiary/aromatic N) is 3. The van der Waals surface area contributed by atoms with Crippen LogP contribution in [0.25, 0.3) is 10.2 Å². The van der Waals surface area contributed by atoms with E-state index in [0.29, 0.717) is 29.3 Å². The molecule has 1 aromatic heterocycles. The molecule has 0 radical (unpaired) electrons. The second kappa shape index (κ2) is 9.87. The molecule has 2 aromatic carbocycles. The Labute approximate surface area is 199 Å². The Morgan fingerprint density at radius 2 is 1.78 bits per heavy atom. The maximum Gasteiger partial charge on any atom is 0.260 e. The van der Waals surface area contributed by atoms with Crippen LogP contribution in [0.1, 0.15) is 34.3 Å². The normalized spacial score (nSPS) is 13.6. The molecule has 0 aliphatic heterocycles. The van der Waals surface area contributed by atoms with E-state index in [4.69, 9.17) is 0 Å². The van der Waals surface area contributed by atoms with Crippen molar-refractivity contribution in [3.05, 3.63) is 53.1 Å². The third-order valence-electron chi connectivity index (χ3n) is 5.61. The van der Waals surface area contributed by atoms with Crippen LogP contribution in [0.15, 0.2) is 41.3 Å². The number of thiazole rings is 1. The van der Waals surface area contributed by atoms with E-state index in [0.717, 1.165) is 24.0 Å². The predicted octanol–water partition coefficient (Wildman–Crippen LogP) is 4.21. The number of sulfone groups is 1. The van der Waals surface area contributed by atoms with E-state index in [1.54, 1.807) is 17.0 Å². The molecule has 0 saturated carbocycles. The van der Waals surface area contributed by atoms with Crippen molar-refractivity contribution in [2.75, 3.05) is 38.3 Å². The van der Waals surface area contributed by atoms with Crippen LogP contribution in [-0.4, -0.2) is 57.6 Å². The SMILES string of the molecule is CN(C)CCN(C(=O)c1ccc2c(c1)CCCC2)c1nc2c(S(C)(=O)=O)cccc2s1.Cl. The monoisotopic (exact) mass is 493 g/mol. The molecule has 1 aliphatic rings. The summed E-state index contributed by atoms with van der Waals surface area (Å²) in [7, 11) is 0.502. The lowest BCUT2D eigenvalue weighted by Gasteiger charge is -2.23. The van der Waals surface area contributed by atoms with Gasteiger partial charge in [0.2, 0.25) is 0 Å². The predicted molar refractivity (Wildman–Crippen MR) is 133 cm³/mol. The number of hydrogen-bond donors (Lipinski definition) is 0. The van der Waals surface area contributed by atoms with E-state index in [-0.39, 0.29) is 23.2 Å². The number of carbonyl (C=O) groups is 1. The number of likely N-dealkylation sites (N-methyl/N-ethyl adjacent to an activating group) is 1. The zero-order valence-electron chi connectivity index (χ0n) is 18.5. The molecular weight excluding hydrogens is 466 g/mol. The molecular formula is C23H28ClN3O3S2. The zero-order valence-corrected chi connectivity index (χ0v) is 20.9. The molecule has 0 fully saturated rings. The Hall–Kier alpha value is -2.00. The number of halogens is 1. The van der Waals surface area contributed by atoms with Crippen LogP contribution in [0.3, 0.4) is 0 Å². The van der Waals surface area contributed by atoms with Crippen molar-refractivity contribution in [2.45, 2.75) is 30.6 Å². The first-order chi connectivity index (χ1) is 14.7. The first kappa shape index (κ1) is 24.6. The molecule has 0 bridgehead atoms. The highest BCUT2D eigenvalue weighted by Crippen LogP contribution is 2.33. The average molecular weight is 494 g/mol. The van der Waals surface area contributed by atoms with Gasteiger partial charge in [-0.3, -0.25) is 9.69 Å². The third-order valence-corrected chi connectivity index (χ3v) is 7.78. The van der Waals surface area contributed by atoms with Crippen molar-refractivity contribution in [3.8, 4) is 0 Å². The van der Waals surface area contributed by atoms with Gasteiger partial charge >= 0.3 is 0 Å². The molecule has 32 heavy (non-hydrogen) atoms. The van der Waals surface area contributed by atoms with E-state index < -0.39 is 9.84 Å². The molecule has 0 N–H and O–H groups in total. The van der Waals surface area contributed by atoms with Crippen LogP contribution in [-0.2, 0) is 22.7 Å². The van der Waals surface area contributed by atoms with Gasteiger partial charge in [-0.1, -0.05) is 23.5 Å². The second-order valence-corrected chi connectivity index (χ2v) is 11.3. The molecule has 0 atom stereocenters. The number of carbonyl (C=O) groups excluding carboxylic acids is 1. The number of para-hydroxylation sites is 1. The van der Waals surface area contributed by atoms with Crippen LogP contribution in [0.4, 0.5) is 5.13 Å². The second-order valence-electron chi connectivity index (χ2n) is 8.32. The molecule has 0 spiro atoms. The maximum atomic E-state index is 13.6. The largest absolute Gasteiger partial charge is 0.308 e. The number of benzene rings is 2. The van der Waals surface area contributed by atoms with Gasteiger partial charge in [0, 0.05) is 24.9 Å². The first-order valence-electron chi connectivity index (χ1n) is 10.4. The van der Waals surface area contributed by atoms with Crippen molar-refractivity contribution < 1.29 is 13.2 Å². The Morgan fingerprint density at radius 3 is 2.47 bits per heavy atom. The number of aromatic nitrogens is 1. The minimum absolute atomic E-state index is 0. The first-order valence-corrected chi connectivity index (χ1v) is 13.1. The summed E-state index contributed by atoms with van der Waals surface area (Å²) in [5.74, 6) is -0.102. The van der Waals surface area contributed by atoms with Crippen molar-refractivity contribution >= 4 is 54.8 Å². The minimum Gasteiger partial charge on any atom is -0.308 e.